The zero-order valence-corrected chi connectivity index (χ0v) is 14.7. The molecule has 25 heavy (non-hydrogen) atoms. The monoisotopic (exact) mass is 361 g/mol. The molecule has 1 heterocycles. The third kappa shape index (κ3) is 4.50. The maximum atomic E-state index is 13.8. The normalized spacial score (nSPS) is 14.6. The Kier molecular flexibility index (Phi) is 5.89. The van der Waals surface area contributed by atoms with Crippen molar-refractivity contribution in [1.82, 2.24) is 10.2 Å². The average molecular weight is 362 g/mol. The predicted octanol–water partition coefficient (Wildman–Crippen LogP) is 2.92. The Morgan fingerprint density at radius 2 is 1.72 bits per heavy atom. The number of carbonyl (C=O) groups is 1. The molecule has 0 spiro atoms. The van der Waals surface area contributed by atoms with Gasteiger partial charge in [0.15, 0.2) is 0 Å². The van der Waals surface area contributed by atoms with Crippen LogP contribution in [0.25, 0.3) is 0 Å². The van der Waals surface area contributed by atoms with Gasteiger partial charge < -0.3 is 15.1 Å². The van der Waals surface area contributed by atoms with E-state index in [0.29, 0.717) is 43.4 Å². The first-order valence-electron chi connectivity index (χ1n) is 8.36. The number of benzene rings is 2. The van der Waals surface area contributed by atoms with Gasteiger partial charge in [-0.1, -0.05) is 41.9 Å². The van der Waals surface area contributed by atoms with Crippen molar-refractivity contribution in [3.8, 4) is 0 Å². The molecule has 0 radical (unpaired) electrons. The van der Waals surface area contributed by atoms with Gasteiger partial charge in [-0.05, 0) is 23.8 Å². The molecule has 0 bridgehead atoms. The molecule has 1 aliphatic heterocycles. The highest BCUT2D eigenvalue weighted by atomic mass is 35.5. The van der Waals surface area contributed by atoms with Gasteiger partial charge >= 0.3 is 0 Å². The number of amides is 1. The minimum Gasteiger partial charge on any atom is -0.366 e. The van der Waals surface area contributed by atoms with Crippen LogP contribution in [-0.2, 0) is 11.3 Å². The third-order valence-electron chi connectivity index (χ3n) is 4.38. The smallest absolute Gasteiger partial charge is 0.236 e. The molecule has 1 N–H and O–H groups in total. The van der Waals surface area contributed by atoms with Crippen LogP contribution in [0.5, 0.6) is 0 Å². The molecule has 1 amide bonds. The largest absolute Gasteiger partial charge is 0.366 e. The first-order chi connectivity index (χ1) is 12.1. The second kappa shape index (κ2) is 8.32. The van der Waals surface area contributed by atoms with Crippen LogP contribution in [0.3, 0.4) is 0 Å². The molecule has 4 nitrogen and oxygen atoms in total. The summed E-state index contributed by atoms with van der Waals surface area (Å²) in [6, 6.07) is 14.3. The van der Waals surface area contributed by atoms with Gasteiger partial charge in [0.05, 0.1) is 12.2 Å². The molecule has 0 saturated carbocycles. The quantitative estimate of drug-likeness (QED) is 0.889. The maximum absolute atomic E-state index is 13.8. The van der Waals surface area contributed by atoms with E-state index in [1.54, 1.807) is 12.1 Å². The van der Waals surface area contributed by atoms with Crippen molar-refractivity contribution in [3.63, 3.8) is 0 Å². The average Bonchev–Trinajstić information content (AvgIpc) is 2.64. The number of piperazine rings is 1. The lowest BCUT2D eigenvalue weighted by molar-refractivity contribution is -0.130. The summed E-state index contributed by atoms with van der Waals surface area (Å²) < 4.78 is 13.8. The number of hydrogen-bond donors (Lipinski definition) is 1. The molecule has 6 heteroatoms. The Balaban J connectivity index is 1.46. The van der Waals surface area contributed by atoms with Crippen LogP contribution >= 0.6 is 11.6 Å². The number of carbonyl (C=O) groups excluding carboxylic acids is 1. The highest BCUT2D eigenvalue weighted by molar-refractivity contribution is 6.31. The Labute approximate surface area is 152 Å². The van der Waals surface area contributed by atoms with E-state index in [2.05, 4.69) is 5.32 Å². The predicted molar refractivity (Wildman–Crippen MR) is 98.4 cm³/mol. The topological polar surface area (TPSA) is 35.6 Å². The van der Waals surface area contributed by atoms with Crippen LogP contribution in [0.1, 0.15) is 5.56 Å². The zero-order chi connectivity index (χ0) is 17.6. The minimum absolute atomic E-state index is 0.0558. The van der Waals surface area contributed by atoms with E-state index in [1.165, 1.54) is 6.07 Å². The SMILES string of the molecule is O=C(CNCc1ccccc1Cl)N1CCN(c2ccccc2F)CC1. The van der Waals surface area contributed by atoms with Crippen molar-refractivity contribution in [1.29, 1.82) is 0 Å². The van der Waals surface area contributed by atoms with Crippen molar-refractivity contribution in [3.05, 3.63) is 64.9 Å². The molecule has 1 fully saturated rings. The van der Waals surface area contributed by atoms with Gasteiger partial charge in [0.25, 0.3) is 0 Å². The summed E-state index contributed by atoms with van der Waals surface area (Å²) >= 11 is 6.10. The zero-order valence-electron chi connectivity index (χ0n) is 13.9. The lowest BCUT2D eigenvalue weighted by atomic mass is 10.2. The van der Waals surface area contributed by atoms with E-state index < -0.39 is 0 Å². The molecule has 132 valence electrons. The van der Waals surface area contributed by atoms with Crippen LogP contribution in [0, 0.1) is 5.82 Å². The van der Waals surface area contributed by atoms with Crippen molar-refractivity contribution >= 4 is 23.2 Å². The Hall–Kier alpha value is -2.11. The lowest BCUT2D eigenvalue weighted by Crippen LogP contribution is -2.51. The van der Waals surface area contributed by atoms with Crippen molar-refractivity contribution in [2.45, 2.75) is 6.54 Å². The van der Waals surface area contributed by atoms with Gasteiger partial charge in [0, 0.05) is 37.7 Å². The van der Waals surface area contributed by atoms with E-state index in [1.807, 2.05) is 40.1 Å². The second-order valence-electron chi connectivity index (χ2n) is 6.01. The number of hydrogen-bond acceptors (Lipinski definition) is 3. The van der Waals surface area contributed by atoms with Gasteiger partial charge in [-0.25, -0.2) is 4.39 Å². The summed E-state index contributed by atoms with van der Waals surface area (Å²) in [4.78, 5) is 16.1. The summed E-state index contributed by atoms with van der Waals surface area (Å²) in [6.45, 7) is 3.29. The Bertz CT molecular complexity index is 732. The number of para-hydroxylation sites is 1. The molecule has 2 aromatic rings. The fourth-order valence-electron chi connectivity index (χ4n) is 2.96. The molecular weight excluding hydrogens is 341 g/mol. The number of nitrogens with zero attached hydrogens (tertiary/aromatic N) is 2. The van der Waals surface area contributed by atoms with Gasteiger partial charge in [-0.3, -0.25) is 4.79 Å². The minimum atomic E-state index is -0.219. The summed E-state index contributed by atoms with van der Waals surface area (Å²) in [7, 11) is 0. The number of anilines is 1. The van der Waals surface area contributed by atoms with Crippen LogP contribution in [0.4, 0.5) is 10.1 Å². The number of rotatable bonds is 5. The maximum Gasteiger partial charge on any atom is 0.236 e. The number of nitrogens with one attached hydrogen (secondary N) is 1. The highest BCUT2D eigenvalue weighted by Gasteiger charge is 2.22. The fourth-order valence-corrected chi connectivity index (χ4v) is 3.17. The second-order valence-corrected chi connectivity index (χ2v) is 6.42. The van der Waals surface area contributed by atoms with Gasteiger partial charge in [-0.15, -0.1) is 0 Å². The van der Waals surface area contributed by atoms with Gasteiger partial charge in [0.2, 0.25) is 5.91 Å². The van der Waals surface area contributed by atoms with Crippen LogP contribution in [0.2, 0.25) is 5.02 Å². The van der Waals surface area contributed by atoms with E-state index >= 15 is 0 Å². The molecular formula is C19H21ClFN3O. The van der Waals surface area contributed by atoms with E-state index in [0.717, 1.165) is 5.56 Å². The highest BCUT2D eigenvalue weighted by Crippen LogP contribution is 2.20. The molecule has 1 aliphatic rings. The first kappa shape index (κ1) is 17.7. The lowest BCUT2D eigenvalue weighted by Gasteiger charge is -2.36. The Morgan fingerprint density at radius 3 is 2.44 bits per heavy atom. The Morgan fingerprint density at radius 1 is 1.04 bits per heavy atom. The van der Waals surface area contributed by atoms with Crippen LogP contribution < -0.4 is 10.2 Å². The summed E-state index contributed by atoms with van der Waals surface area (Å²) in [6.07, 6.45) is 0. The van der Waals surface area contributed by atoms with Crippen LogP contribution in [0.15, 0.2) is 48.5 Å². The molecule has 3 rings (SSSR count). The van der Waals surface area contributed by atoms with Crippen molar-refractivity contribution in [2.24, 2.45) is 0 Å². The molecule has 0 aliphatic carbocycles. The fraction of sp³-hybridized carbons (Fsp3) is 0.316. The van der Waals surface area contributed by atoms with E-state index in [4.69, 9.17) is 11.6 Å². The van der Waals surface area contributed by atoms with Crippen LogP contribution in [-0.4, -0.2) is 43.5 Å². The molecule has 0 unspecified atom stereocenters. The number of halogens is 2. The summed E-state index contributed by atoms with van der Waals surface area (Å²) in [5.74, 6) is -0.163. The first-order valence-corrected chi connectivity index (χ1v) is 8.74. The van der Waals surface area contributed by atoms with Gasteiger partial charge in [0.1, 0.15) is 5.82 Å². The molecule has 1 saturated heterocycles. The molecule has 0 atom stereocenters. The van der Waals surface area contributed by atoms with Gasteiger partial charge in [-0.2, -0.15) is 0 Å². The summed E-state index contributed by atoms with van der Waals surface area (Å²) in [5, 5.41) is 3.84. The van der Waals surface area contributed by atoms with Crippen molar-refractivity contribution < 1.29 is 9.18 Å². The standard InChI is InChI=1S/C19H21ClFN3O/c20-16-6-2-1-5-15(16)13-22-14-19(25)24-11-9-23(10-12-24)18-8-4-3-7-17(18)21/h1-8,22H,9-14H2. The van der Waals surface area contributed by atoms with E-state index in [-0.39, 0.29) is 18.3 Å². The van der Waals surface area contributed by atoms with E-state index in [9.17, 15) is 9.18 Å². The summed E-state index contributed by atoms with van der Waals surface area (Å²) in [5.41, 5.74) is 1.58. The van der Waals surface area contributed by atoms with Crippen molar-refractivity contribution in [2.75, 3.05) is 37.6 Å². The molecule has 0 aromatic heterocycles. The molecule has 2 aromatic carbocycles. The third-order valence-corrected chi connectivity index (χ3v) is 4.74.